The van der Waals surface area contributed by atoms with Crippen LogP contribution < -0.4 is 0 Å². The molecule has 3 aromatic heterocycles. The highest BCUT2D eigenvalue weighted by Crippen LogP contribution is 2.36. The van der Waals surface area contributed by atoms with Gasteiger partial charge >= 0.3 is 0 Å². The van der Waals surface area contributed by atoms with E-state index in [1.54, 1.807) is 0 Å². The Bertz CT molecular complexity index is 1450. The Labute approximate surface area is 195 Å². The summed E-state index contributed by atoms with van der Waals surface area (Å²) in [7, 11) is 0. The average molecular weight is 435 g/mol. The molecule has 0 aliphatic heterocycles. The van der Waals surface area contributed by atoms with Crippen LogP contribution in [0.3, 0.4) is 0 Å². The standard InChI is InChI=1S/C30H30N2O/c1-19(2)14-23-18-25-28(33-23)11-13-32-29(25)21-10-12-31-27(17-21)22-15-20-8-6-7-9-24(20)26(16-22)30(3,4)5/h6-13,15-19H,14H2,1-5H3. The summed E-state index contributed by atoms with van der Waals surface area (Å²) < 4.78 is 6.10. The van der Waals surface area contributed by atoms with E-state index in [1.807, 2.05) is 24.5 Å². The molecule has 0 fully saturated rings. The molecule has 5 rings (SSSR count). The summed E-state index contributed by atoms with van der Waals surface area (Å²) in [5.41, 5.74) is 6.31. The molecule has 3 nitrogen and oxygen atoms in total. The van der Waals surface area contributed by atoms with Gasteiger partial charge in [0.05, 0.1) is 11.4 Å². The van der Waals surface area contributed by atoms with E-state index in [-0.39, 0.29) is 5.41 Å². The molecule has 2 aromatic carbocycles. The molecule has 33 heavy (non-hydrogen) atoms. The lowest BCUT2D eigenvalue weighted by Crippen LogP contribution is -2.12. The number of fused-ring (bicyclic) bond motifs is 2. The van der Waals surface area contributed by atoms with Gasteiger partial charge in [0.1, 0.15) is 11.3 Å². The number of hydrogen-bond donors (Lipinski definition) is 0. The lowest BCUT2D eigenvalue weighted by molar-refractivity contribution is 0.500. The summed E-state index contributed by atoms with van der Waals surface area (Å²) in [5, 5.41) is 3.59. The number of rotatable bonds is 4. The van der Waals surface area contributed by atoms with Crippen LogP contribution >= 0.6 is 0 Å². The maximum absolute atomic E-state index is 6.10. The molecular formula is C30H30N2O. The van der Waals surface area contributed by atoms with Crippen LogP contribution in [0.25, 0.3) is 44.3 Å². The normalized spacial score (nSPS) is 12.2. The van der Waals surface area contributed by atoms with E-state index < -0.39 is 0 Å². The van der Waals surface area contributed by atoms with Gasteiger partial charge in [-0.3, -0.25) is 9.97 Å². The minimum Gasteiger partial charge on any atom is -0.461 e. The zero-order valence-corrected chi connectivity index (χ0v) is 20.0. The molecule has 0 radical (unpaired) electrons. The van der Waals surface area contributed by atoms with Crippen molar-refractivity contribution >= 4 is 21.7 Å². The second-order valence-corrected chi connectivity index (χ2v) is 10.3. The summed E-state index contributed by atoms with van der Waals surface area (Å²) in [5.74, 6) is 1.55. The quantitative estimate of drug-likeness (QED) is 0.286. The van der Waals surface area contributed by atoms with Crippen LogP contribution in [0, 0.1) is 5.92 Å². The van der Waals surface area contributed by atoms with E-state index in [0.717, 1.165) is 45.7 Å². The molecule has 0 bridgehead atoms. The Morgan fingerprint density at radius 1 is 0.818 bits per heavy atom. The maximum Gasteiger partial charge on any atom is 0.138 e. The predicted octanol–water partition coefficient (Wildman–Crippen LogP) is 8.21. The van der Waals surface area contributed by atoms with Gasteiger partial charge in [0.15, 0.2) is 0 Å². The summed E-state index contributed by atoms with van der Waals surface area (Å²) in [6.45, 7) is 11.2. The van der Waals surface area contributed by atoms with Crippen molar-refractivity contribution < 1.29 is 4.42 Å². The largest absolute Gasteiger partial charge is 0.461 e. The van der Waals surface area contributed by atoms with Gasteiger partial charge in [0.25, 0.3) is 0 Å². The molecule has 0 unspecified atom stereocenters. The van der Waals surface area contributed by atoms with Crippen molar-refractivity contribution in [2.75, 3.05) is 0 Å². The second kappa shape index (κ2) is 8.15. The molecule has 0 aliphatic rings. The zero-order valence-electron chi connectivity index (χ0n) is 20.0. The molecular weight excluding hydrogens is 404 g/mol. The maximum atomic E-state index is 6.10. The van der Waals surface area contributed by atoms with Crippen molar-refractivity contribution in [2.45, 2.75) is 46.5 Å². The van der Waals surface area contributed by atoms with Crippen molar-refractivity contribution in [3.63, 3.8) is 0 Å². The molecule has 0 saturated carbocycles. The molecule has 0 aliphatic carbocycles. The second-order valence-electron chi connectivity index (χ2n) is 10.3. The first-order valence-corrected chi connectivity index (χ1v) is 11.7. The van der Waals surface area contributed by atoms with Crippen LogP contribution in [0.4, 0.5) is 0 Å². The molecule has 0 spiro atoms. The molecule has 3 heterocycles. The number of pyridine rings is 2. The third-order valence-electron chi connectivity index (χ3n) is 6.10. The van der Waals surface area contributed by atoms with Gasteiger partial charge in [-0.15, -0.1) is 0 Å². The third kappa shape index (κ3) is 4.16. The van der Waals surface area contributed by atoms with Gasteiger partial charge in [0.2, 0.25) is 0 Å². The number of aromatic nitrogens is 2. The molecule has 3 heteroatoms. The fourth-order valence-corrected chi connectivity index (χ4v) is 4.56. The van der Waals surface area contributed by atoms with Gasteiger partial charge in [0, 0.05) is 35.3 Å². The summed E-state index contributed by atoms with van der Waals surface area (Å²) >= 11 is 0. The lowest BCUT2D eigenvalue weighted by Gasteiger charge is -2.22. The smallest absolute Gasteiger partial charge is 0.138 e. The molecule has 0 N–H and O–H groups in total. The highest BCUT2D eigenvalue weighted by molar-refractivity contribution is 5.94. The van der Waals surface area contributed by atoms with Gasteiger partial charge in [-0.1, -0.05) is 58.9 Å². The van der Waals surface area contributed by atoms with Crippen molar-refractivity contribution in [3.05, 3.63) is 84.4 Å². The van der Waals surface area contributed by atoms with E-state index in [9.17, 15) is 0 Å². The Balaban J connectivity index is 1.64. The van der Waals surface area contributed by atoms with Gasteiger partial charge in [-0.25, -0.2) is 0 Å². The minimum atomic E-state index is 0.0317. The van der Waals surface area contributed by atoms with Crippen LogP contribution in [0.2, 0.25) is 0 Å². The van der Waals surface area contributed by atoms with E-state index >= 15 is 0 Å². The van der Waals surface area contributed by atoms with Crippen LogP contribution in [-0.4, -0.2) is 9.97 Å². The topological polar surface area (TPSA) is 38.9 Å². The Morgan fingerprint density at radius 3 is 2.39 bits per heavy atom. The Kier molecular flexibility index (Phi) is 5.28. The number of benzene rings is 2. The van der Waals surface area contributed by atoms with E-state index in [1.165, 1.54) is 16.3 Å². The van der Waals surface area contributed by atoms with Crippen LogP contribution in [-0.2, 0) is 11.8 Å². The monoisotopic (exact) mass is 434 g/mol. The van der Waals surface area contributed by atoms with Crippen LogP contribution in [0.5, 0.6) is 0 Å². The molecule has 5 aromatic rings. The highest BCUT2D eigenvalue weighted by Gasteiger charge is 2.19. The first kappa shape index (κ1) is 21.4. The summed E-state index contributed by atoms with van der Waals surface area (Å²) in [4.78, 5) is 9.46. The van der Waals surface area contributed by atoms with E-state index in [4.69, 9.17) is 14.4 Å². The zero-order chi connectivity index (χ0) is 23.2. The Morgan fingerprint density at radius 2 is 1.61 bits per heavy atom. The fourth-order valence-electron chi connectivity index (χ4n) is 4.56. The SMILES string of the molecule is CC(C)Cc1cc2c(-c3ccnc(-c4cc(C(C)(C)C)c5ccccc5c4)c3)nccc2o1. The first-order chi connectivity index (χ1) is 15.8. The van der Waals surface area contributed by atoms with Gasteiger partial charge in [-0.05, 0) is 64.1 Å². The average Bonchev–Trinajstić information content (AvgIpc) is 3.19. The summed E-state index contributed by atoms with van der Waals surface area (Å²) in [6, 6.07) is 21.4. The first-order valence-electron chi connectivity index (χ1n) is 11.7. The third-order valence-corrected chi connectivity index (χ3v) is 6.10. The minimum absolute atomic E-state index is 0.0317. The van der Waals surface area contributed by atoms with Crippen molar-refractivity contribution in [3.8, 4) is 22.5 Å². The molecule has 0 amide bonds. The predicted molar refractivity (Wildman–Crippen MR) is 137 cm³/mol. The number of nitrogens with zero attached hydrogens (tertiary/aromatic N) is 2. The molecule has 166 valence electrons. The molecule has 0 atom stereocenters. The van der Waals surface area contributed by atoms with Crippen molar-refractivity contribution in [1.29, 1.82) is 0 Å². The van der Waals surface area contributed by atoms with Gasteiger partial charge < -0.3 is 4.42 Å². The van der Waals surface area contributed by atoms with Crippen molar-refractivity contribution in [2.24, 2.45) is 5.92 Å². The fraction of sp³-hybridized carbons (Fsp3) is 0.267. The van der Waals surface area contributed by atoms with E-state index in [0.29, 0.717) is 5.92 Å². The van der Waals surface area contributed by atoms with E-state index in [2.05, 4.69) is 83.1 Å². The van der Waals surface area contributed by atoms with Crippen LogP contribution in [0.15, 0.2) is 77.5 Å². The van der Waals surface area contributed by atoms with Gasteiger partial charge in [-0.2, -0.15) is 0 Å². The highest BCUT2D eigenvalue weighted by atomic mass is 16.3. The number of furan rings is 1. The molecule has 0 saturated heterocycles. The Hall–Kier alpha value is -3.46. The lowest BCUT2D eigenvalue weighted by atomic mass is 9.82. The number of hydrogen-bond acceptors (Lipinski definition) is 3. The van der Waals surface area contributed by atoms with Crippen LogP contribution in [0.1, 0.15) is 45.9 Å². The van der Waals surface area contributed by atoms with Crippen molar-refractivity contribution in [1.82, 2.24) is 9.97 Å². The summed E-state index contributed by atoms with van der Waals surface area (Å²) in [6.07, 6.45) is 4.63.